The maximum Gasteiger partial charge on any atom is 0.260 e. The van der Waals surface area contributed by atoms with Crippen molar-refractivity contribution in [3.05, 3.63) is 106 Å². The molecule has 3 aliphatic rings. The predicted molar refractivity (Wildman–Crippen MR) is 189 cm³/mol. The summed E-state index contributed by atoms with van der Waals surface area (Å²) in [5.74, 6) is 0. The van der Waals surface area contributed by atoms with Crippen molar-refractivity contribution in [3.8, 4) is 0 Å². The van der Waals surface area contributed by atoms with Crippen molar-refractivity contribution in [1.82, 2.24) is 0 Å². The van der Waals surface area contributed by atoms with Crippen molar-refractivity contribution in [2.24, 2.45) is 0 Å². The second kappa shape index (κ2) is 8.66. The maximum absolute atomic E-state index is 2.65. The molecule has 0 saturated heterocycles. The topological polar surface area (TPSA) is 3.24 Å². The van der Waals surface area contributed by atoms with Gasteiger partial charge in [0.2, 0.25) is 0 Å². The highest BCUT2D eigenvalue weighted by Gasteiger charge is 2.48. The van der Waals surface area contributed by atoms with Gasteiger partial charge in [-0.15, -0.1) is 11.3 Å². The number of rotatable bonds is 1. The Morgan fingerprint density at radius 1 is 0.744 bits per heavy atom. The average Bonchev–Trinajstić information content (AvgIpc) is 3.29. The fraction of sp³-hybridized carbons (Fsp3) is 0.350. The fourth-order valence-electron chi connectivity index (χ4n) is 7.90. The number of benzene rings is 4. The highest BCUT2D eigenvalue weighted by Crippen LogP contribution is 2.48. The number of thiophene rings is 1. The molecule has 43 heavy (non-hydrogen) atoms. The van der Waals surface area contributed by atoms with Gasteiger partial charge >= 0.3 is 0 Å². The first-order valence-corrected chi connectivity index (χ1v) is 16.8. The van der Waals surface area contributed by atoms with E-state index in [1.54, 1.807) is 0 Å². The Bertz CT molecular complexity index is 1990. The van der Waals surface area contributed by atoms with Gasteiger partial charge in [0.05, 0.1) is 5.69 Å². The number of anilines is 3. The smallest absolute Gasteiger partial charge is 0.260 e. The monoisotopic (exact) mass is 579 g/mol. The fourth-order valence-corrected chi connectivity index (χ4v) is 9.20. The molecule has 0 saturated carbocycles. The zero-order valence-electron chi connectivity index (χ0n) is 27.2. The van der Waals surface area contributed by atoms with Crippen molar-refractivity contribution < 1.29 is 0 Å². The third-order valence-electron chi connectivity index (χ3n) is 10.6. The van der Waals surface area contributed by atoms with Crippen LogP contribution in [-0.4, -0.2) is 6.71 Å². The lowest BCUT2D eigenvalue weighted by Gasteiger charge is -2.45. The van der Waals surface area contributed by atoms with Crippen molar-refractivity contribution >= 4 is 60.9 Å². The van der Waals surface area contributed by atoms with E-state index < -0.39 is 0 Å². The van der Waals surface area contributed by atoms with E-state index in [1.165, 1.54) is 94.6 Å². The molecule has 5 aromatic rings. The molecule has 0 bridgehead atoms. The standard InChI is InChI=1S/C40H42BNS/c1-23-18-31-35-33(19-23)42(28-15-12-24-10-11-25(24)20-28)36-29-21-26(38(2,3)4)14-17-34(29)43-37(36)41(35)32-22-27(39(5,6)7)13-16-30(32)40(31,8)9/h12-22H,10-11H2,1-9H3. The molecular formula is C40H42BNS. The van der Waals surface area contributed by atoms with Crippen molar-refractivity contribution in [2.75, 3.05) is 4.90 Å². The summed E-state index contributed by atoms with van der Waals surface area (Å²) in [6.07, 6.45) is 2.40. The quantitative estimate of drug-likeness (QED) is 0.176. The van der Waals surface area contributed by atoms with Gasteiger partial charge in [-0.2, -0.15) is 0 Å². The van der Waals surface area contributed by atoms with Gasteiger partial charge in [0, 0.05) is 31.7 Å². The van der Waals surface area contributed by atoms with Crippen molar-refractivity contribution in [2.45, 2.75) is 91.4 Å². The lowest BCUT2D eigenvalue weighted by molar-refractivity contribution is 0.588. The second-order valence-corrected chi connectivity index (χ2v) is 17.0. The molecule has 0 atom stereocenters. The van der Waals surface area contributed by atoms with Crippen LogP contribution in [0.4, 0.5) is 17.1 Å². The Hall–Kier alpha value is -3.30. The van der Waals surface area contributed by atoms with E-state index >= 15 is 0 Å². The van der Waals surface area contributed by atoms with Gasteiger partial charge in [0.25, 0.3) is 6.71 Å². The lowest BCUT2D eigenvalue weighted by atomic mass is 9.32. The minimum atomic E-state index is -0.0853. The molecule has 3 heterocycles. The van der Waals surface area contributed by atoms with Crippen LogP contribution in [0.1, 0.15) is 94.3 Å². The molecule has 4 aromatic carbocycles. The normalized spacial score (nSPS) is 16.4. The summed E-state index contributed by atoms with van der Waals surface area (Å²) in [6, 6.07) is 26.9. The number of aryl methyl sites for hydroxylation is 3. The number of fused-ring (bicyclic) bond motifs is 7. The Kier molecular flexibility index (Phi) is 5.49. The highest BCUT2D eigenvalue weighted by atomic mass is 32.1. The largest absolute Gasteiger partial charge is 0.310 e. The summed E-state index contributed by atoms with van der Waals surface area (Å²) in [6.45, 7) is 21.4. The molecule has 0 fully saturated rings. The Labute approximate surface area is 262 Å². The predicted octanol–water partition coefficient (Wildman–Crippen LogP) is 8.84. The maximum atomic E-state index is 2.65. The van der Waals surface area contributed by atoms with E-state index in [4.69, 9.17) is 0 Å². The van der Waals surface area contributed by atoms with Gasteiger partial charge in [0.15, 0.2) is 0 Å². The van der Waals surface area contributed by atoms with Crippen LogP contribution in [0, 0.1) is 6.92 Å². The van der Waals surface area contributed by atoms with Gasteiger partial charge in [-0.25, -0.2) is 0 Å². The summed E-state index contributed by atoms with van der Waals surface area (Å²) in [5.41, 5.74) is 17.3. The van der Waals surface area contributed by atoms with E-state index in [9.17, 15) is 0 Å². The molecule has 2 aliphatic heterocycles. The molecule has 0 N–H and O–H groups in total. The molecule has 1 aromatic heterocycles. The Morgan fingerprint density at radius 3 is 2.12 bits per heavy atom. The molecule has 8 rings (SSSR count). The number of nitrogens with zero attached hydrogens (tertiary/aromatic N) is 1. The van der Waals surface area contributed by atoms with Crippen LogP contribution in [0.5, 0.6) is 0 Å². The Balaban J connectivity index is 1.51. The Morgan fingerprint density at radius 2 is 1.44 bits per heavy atom. The van der Waals surface area contributed by atoms with Crippen LogP contribution >= 0.6 is 11.3 Å². The molecule has 0 amide bonds. The second-order valence-electron chi connectivity index (χ2n) is 15.9. The van der Waals surface area contributed by atoms with E-state index in [0.717, 1.165) is 0 Å². The summed E-state index contributed by atoms with van der Waals surface area (Å²) in [4.78, 5) is 2.65. The minimum Gasteiger partial charge on any atom is -0.310 e. The molecule has 1 nitrogen and oxygen atoms in total. The third-order valence-corrected chi connectivity index (χ3v) is 11.8. The van der Waals surface area contributed by atoms with E-state index in [2.05, 4.69) is 134 Å². The van der Waals surface area contributed by atoms with Gasteiger partial charge in [0.1, 0.15) is 0 Å². The first-order valence-electron chi connectivity index (χ1n) is 16.0. The molecular weight excluding hydrogens is 537 g/mol. The van der Waals surface area contributed by atoms with E-state index in [0.29, 0.717) is 0 Å². The van der Waals surface area contributed by atoms with Crippen LogP contribution in [0.15, 0.2) is 66.7 Å². The number of hydrogen-bond donors (Lipinski definition) is 0. The zero-order chi connectivity index (χ0) is 30.2. The number of hydrogen-bond acceptors (Lipinski definition) is 2. The van der Waals surface area contributed by atoms with E-state index in [1.807, 2.05) is 11.3 Å². The van der Waals surface area contributed by atoms with Gasteiger partial charge in [-0.05, 0) is 105 Å². The molecule has 216 valence electrons. The lowest BCUT2D eigenvalue weighted by Crippen LogP contribution is -2.63. The zero-order valence-corrected chi connectivity index (χ0v) is 28.0. The molecule has 0 radical (unpaired) electrons. The molecule has 0 spiro atoms. The molecule has 0 unspecified atom stereocenters. The molecule has 3 heteroatoms. The summed E-state index contributed by atoms with van der Waals surface area (Å²) in [5, 5.41) is 1.39. The van der Waals surface area contributed by atoms with Crippen molar-refractivity contribution in [3.63, 3.8) is 0 Å². The highest BCUT2D eigenvalue weighted by molar-refractivity contribution is 7.33. The average molecular weight is 580 g/mol. The first kappa shape index (κ1) is 27.3. The summed E-state index contributed by atoms with van der Waals surface area (Å²) >= 11 is 2.02. The third kappa shape index (κ3) is 3.83. The molecule has 1 aliphatic carbocycles. The van der Waals surface area contributed by atoms with Crippen LogP contribution in [0.3, 0.4) is 0 Å². The van der Waals surface area contributed by atoms with Gasteiger partial charge in [-0.1, -0.05) is 97.3 Å². The van der Waals surface area contributed by atoms with Gasteiger partial charge in [-0.3, -0.25) is 0 Å². The van der Waals surface area contributed by atoms with Crippen LogP contribution in [-0.2, 0) is 29.1 Å². The van der Waals surface area contributed by atoms with Gasteiger partial charge < -0.3 is 4.90 Å². The first-order chi connectivity index (χ1) is 20.2. The van der Waals surface area contributed by atoms with Crippen molar-refractivity contribution in [1.29, 1.82) is 0 Å². The van der Waals surface area contributed by atoms with Crippen LogP contribution in [0.25, 0.3) is 10.1 Å². The summed E-state index contributed by atoms with van der Waals surface area (Å²) < 4.78 is 2.88. The summed E-state index contributed by atoms with van der Waals surface area (Å²) in [7, 11) is 0. The minimum absolute atomic E-state index is 0.0853. The SMILES string of the molecule is Cc1cc2c3c(c1)C(C)(C)c1ccc(C(C)(C)C)cc1B3c1sc3ccc(C(C)(C)C)cc3c1N2c1ccc2c(c1)CC2. The van der Waals surface area contributed by atoms with Crippen LogP contribution in [0.2, 0.25) is 0 Å². The van der Waals surface area contributed by atoms with E-state index in [-0.39, 0.29) is 23.0 Å². The van der Waals surface area contributed by atoms with Crippen LogP contribution < -0.4 is 20.6 Å².